The highest BCUT2D eigenvalue weighted by Crippen LogP contribution is 1.76. The van der Waals surface area contributed by atoms with Crippen LogP contribution in [0.2, 0.25) is 0 Å². The van der Waals surface area contributed by atoms with Crippen LogP contribution in [-0.2, 0) is 4.74 Å². The molecule has 0 atom stereocenters. The Labute approximate surface area is 57.9 Å². The molecule has 60 valence electrons. The zero-order valence-corrected chi connectivity index (χ0v) is 5.45. The summed E-state index contributed by atoms with van der Waals surface area (Å²) in [5.74, 6) is 0. The Morgan fingerprint density at radius 2 is 1.90 bits per heavy atom. The van der Waals surface area contributed by atoms with Crippen LogP contribution in [0.5, 0.6) is 0 Å². The van der Waals surface area contributed by atoms with Crippen molar-refractivity contribution in [2.45, 2.75) is 0 Å². The molecule has 1 heterocycles. The van der Waals surface area contributed by atoms with Crippen molar-refractivity contribution in [3.63, 3.8) is 0 Å². The van der Waals surface area contributed by atoms with Crippen LogP contribution >= 0.6 is 0 Å². The molecule has 6 nitrogen and oxygen atoms in total. The number of ether oxygens (including phenoxy) is 1. The summed E-state index contributed by atoms with van der Waals surface area (Å²) in [6.07, 6.45) is 0. The number of nitrogens with one attached hydrogen (secondary N) is 1. The SMILES string of the molecule is C1COCCN1.O=[N+]([O-])O. The molecular formula is C4H10N2O4. The maximum atomic E-state index is 8.36. The van der Waals surface area contributed by atoms with Crippen LogP contribution in [0.3, 0.4) is 0 Å². The predicted octanol–water partition coefficient (Wildman–Crippen LogP) is -0.742. The van der Waals surface area contributed by atoms with Gasteiger partial charge < -0.3 is 15.3 Å². The lowest BCUT2D eigenvalue weighted by molar-refractivity contribution is -0.742. The summed E-state index contributed by atoms with van der Waals surface area (Å²) in [4.78, 5) is 8.36. The van der Waals surface area contributed by atoms with E-state index in [2.05, 4.69) is 5.32 Å². The number of nitrogens with zero attached hydrogens (tertiary/aromatic N) is 1. The van der Waals surface area contributed by atoms with Gasteiger partial charge in [-0.1, -0.05) is 0 Å². The number of hydrogen-bond acceptors (Lipinski definition) is 4. The maximum absolute atomic E-state index is 8.36. The van der Waals surface area contributed by atoms with Gasteiger partial charge >= 0.3 is 0 Å². The fraction of sp³-hybridized carbons (Fsp3) is 1.00. The summed E-state index contributed by atoms with van der Waals surface area (Å²) in [7, 11) is 0. The Kier molecular flexibility index (Phi) is 5.69. The van der Waals surface area contributed by atoms with E-state index in [1.807, 2.05) is 0 Å². The van der Waals surface area contributed by atoms with E-state index in [9.17, 15) is 0 Å². The molecule has 1 saturated heterocycles. The number of rotatable bonds is 0. The molecule has 0 radical (unpaired) electrons. The van der Waals surface area contributed by atoms with Crippen molar-refractivity contribution in [1.29, 1.82) is 0 Å². The Bertz CT molecular complexity index is 77.7. The molecule has 2 N–H and O–H groups in total. The average molecular weight is 150 g/mol. The van der Waals surface area contributed by atoms with E-state index in [4.69, 9.17) is 20.1 Å². The van der Waals surface area contributed by atoms with Gasteiger partial charge in [0.2, 0.25) is 0 Å². The summed E-state index contributed by atoms with van der Waals surface area (Å²) in [6.45, 7) is 3.83. The third-order valence-corrected chi connectivity index (χ3v) is 0.846. The van der Waals surface area contributed by atoms with Gasteiger partial charge in [-0.05, 0) is 0 Å². The molecule has 0 aromatic heterocycles. The molecule has 0 aromatic rings. The van der Waals surface area contributed by atoms with Gasteiger partial charge in [0, 0.05) is 13.1 Å². The monoisotopic (exact) mass is 150 g/mol. The van der Waals surface area contributed by atoms with Crippen molar-refractivity contribution in [2.24, 2.45) is 0 Å². The maximum Gasteiger partial charge on any atom is 0.291 e. The molecule has 1 fully saturated rings. The van der Waals surface area contributed by atoms with Gasteiger partial charge in [-0.3, -0.25) is 0 Å². The second kappa shape index (κ2) is 6.24. The van der Waals surface area contributed by atoms with Gasteiger partial charge in [0.05, 0.1) is 13.2 Å². The van der Waals surface area contributed by atoms with E-state index in [-0.39, 0.29) is 0 Å². The van der Waals surface area contributed by atoms with Crippen LogP contribution in [0, 0.1) is 10.1 Å². The fourth-order valence-electron chi connectivity index (χ4n) is 0.516. The van der Waals surface area contributed by atoms with E-state index < -0.39 is 5.09 Å². The molecule has 0 saturated carbocycles. The van der Waals surface area contributed by atoms with Crippen molar-refractivity contribution in [3.8, 4) is 0 Å². The van der Waals surface area contributed by atoms with Crippen molar-refractivity contribution in [1.82, 2.24) is 5.32 Å². The minimum atomic E-state index is -1.50. The Balaban J connectivity index is 0.000000180. The molecule has 0 spiro atoms. The summed E-state index contributed by atoms with van der Waals surface area (Å²) in [5, 5.41) is 16.8. The summed E-state index contributed by atoms with van der Waals surface area (Å²) < 4.78 is 5.01. The minimum Gasteiger partial charge on any atom is -0.379 e. The van der Waals surface area contributed by atoms with E-state index in [0.717, 1.165) is 26.3 Å². The zero-order valence-electron chi connectivity index (χ0n) is 5.45. The molecule has 0 aromatic carbocycles. The third kappa shape index (κ3) is 10.2. The van der Waals surface area contributed by atoms with Crippen LogP contribution in [0.15, 0.2) is 0 Å². The molecule has 0 bridgehead atoms. The second-order valence-corrected chi connectivity index (χ2v) is 1.60. The van der Waals surface area contributed by atoms with E-state index in [0.29, 0.717) is 0 Å². The molecule has 0 aliphatic carbocycles. The highest BCUT2D eigenvalue weighted by Gasteiger charge is 1.92. The predicted molar refractivity (Wildman–Crippen MR) is 32.5 cm³/mol. The molecule has 1 rings (SSSR count). The van der Waals surface area contributed by atoms with Crippen LogP contribution in [0.4, 0.5) is 0 Å². The molecule has 6 heteroatoms. The second-order valence-electron chi connectivity index (χ2n) is 1.60. The van der Waals surface area contributed by atoms with Crippen LogP contribution in [-0.4, -0.2) is 36.6 Å². The first-order chi connectivity index (χ1) is 4.73. The lowest BCUT2D eigenvalue weighted by Crippen LogP contribution is -2.30. The molecule has 1 aliphatic rings. The van der Waals surface area contributed by atoms with Gasteiger partial charge in [0.15, 0.2) is 0 Å². The number of hydrogen-bond donors (Lipinski definition) is 2. The fourth-order valence-corrected chi connectivity index (χ4v) is 0.516. The topological polar surface area (TPSA) is 84.6 Å². The molecular weight excluding hydrogens is 140 g/mol. The standard InChI is InChI=1S/C4H9NO.HNO3/c1-3-6-4-2-5-1;2-1(3)4/h5H,1-4H2;(H,2,3,4). The summed E-state index contributed by atoms with van der Waals surface area (Å²) in [5.41, 5.74) is 0. The van der Waals surface area contributed by atoms with Gasteiger partial charge in [0.25, 0.3) is 5.09 Å². The van der Waals surface area contributed by atoms with Crippen LogP contribution in [0.25, 0.3) is 0 Å². The highest BCUT2D eigenvalue weighted by atomic mass is 16.9. The van der Waals surface area contributed by atoms with E-state index >= 15 is 0 Å². The van der Waals surface area contributed by atoms with Crippen molar-refractivity contribution < 1.29 is 15.0 Å². The zero-order chi connectivity index (χ0) is 7.82. The Hall–Kier alpha value is -0.880. The minimum absolute atomic E-state index is 0.889. The van der Waals surface area contributed by atoms with E-state index in [1.54, 1.807) is 0 Å². The molecule has 10 heavy (non-hydrogen) atoms. The normalized spacial score (nSPS) is 16.8. The largest absolute Gasteiger partial charge is 0.379 e. The average Bonchev–Trinajstić information content (AvgIpc) is 1.90. The first kappa shape index (κ1) is 9.12. The van der Waals surface area contributed by atoms with Gasteiger partial charge in [-0.15, -0.1) is 10.1 Å². The smallest absolute Gasteiger partial charge is 0.291 e. The third-order valence-electron chi connectivity index (χ3n) is 0.846. The van der Waals surface area contributed by atoms with Gasteiger partial charge in [0.1, 0.15) is 0 Å². The summed E-state index contributed by atoms with van der Waals surface area (Å²) in [6, 6.07) is 0. The molecule has 0 amide bonds. The first-order valence-corrected chi connectivity index (χ1v) is 2.85. The Morgan fingerprint density at radius 3 is 2.00 bits per heavy atom. The van der Waals surface area contributed by atoms with Gasteiger partial charge in [-0.2, -0.15) is 0 Å². The van der Waals surface area contributed by atoms with Crippen molar-refractivity contribution in [2.75, 3.05) is 26.3 Å². The van der Waals surface area contributed by atoms with Gasteiger partial charge in [-0.25, -0.2) is 0 Å². The first-order valence-electron chi connectivity index (χ1n) is 2.85. The highest BCUT2D eigenvalue weighted by molar-refractivity contribution is 4.49. The quantitative estimate of drug-likeness (QED) is 0.351. The van der Waals surface area contributed by atoms with Crippen LogP contribution < -0.4 is 5.32 Å². The number of morpholine rings is 1. The summed E-state index contributed by atoms with van der Waals surface area (Å²) >= 11 is 0. The lowest BCUT2D eigenvalue weighted by atomic mass is 10.5. The van der Waals surface area contributed by atoms with Crippen molar-refractivity contribution in [3.05, 3.63) is 10.1 Å². The van der Waals surface area contributed by atoms with Crippen LogP contribution in [0.1, 0.15) is 0 Å². The molecule has 1 aliphatic heterocycles. The van der Waals surface area contributed by atoms with Crippen molar-refractivity contribution >= 4 is 0 Å². The Morgan fingerprint density at radius 1 is 1.50 bits per heavy atom. The van der Waals surface area contributed by atoms with E-state index in [1.165, 1.54) is 0 Å². The molecule has 0 unspecified atom stereocenters. The lowest BCUT2D eigenvalue weighted by Gasteiger charge is -2.10.